The van der Waals surface area contributed by atoms with Crippen molar-refractivity contribution in [3.8, 4) is 0 Å². The molecule has 0 aromatic heterocycles. The summed E-state index contributed by atoms with van der Waals surface area (Å²) in [5, 5.41) is 5.14. The summed E-state index contributed by atoms with van der Waals surface area (Å²) in [6.07, 6.45) is 2.57. The third kappa shape index (κ3) is 5.59. The Kier molecular flexibility index (Phi) is 5.61. The minimum absolute atomic E-state index is 0.323. The van der Waals surface area contributed by atoms with Crippen LogP contribution in [0.15, 0.2) is 18.2 Å². The Hall–Kier alpha value is -1.83. The van der Waals surface area contributed by atoms with Crippen LogP contribution in [-0.2, 0) is 14.6 Å². The normalized spacial score (nSPS) is 21.0. The van der Waals surface area contributed by atoms with Gasteiger partial charge in [0.15, 0.2) is 9.84 Å². The molecule has 2 N–H and O–H groups in total. The fourth-order valence-corrected chi connectivity index (χ4v) is 4.36. The third-order valence-corrected chi connectivity index (χ3v) is 5.62. The van der Waals surface area contributed by atoms with Crippen LogP contribution in [0.5, 0.6) is 0 Å². The average molecular weight is 372 g/mol. The van der Waals surface area contributed by atoms with Crippen molar-refractivity contribution >= 4 is 27.3 Å². The summed E-state index contributed by atoms with van der Waals surface area (Å²) in [6, 6.07) is 3.56. The van der Waals surface area contributed by atoms with Gasteiger partial charge in [-0.15, -0.1) is 0 Å². The van der Waals surface area contributed by atoms with E-state index in [1.165, 1.54) is 24.5 Å². The molecule has 0 radical (unpaired) electrons. The molecule has 0 heterocycles. The Morgan fingerprint density at radius 1 is 1.24 bits per heavy atom. The van der Waals surface area contributed by atoms with Gasteiger partial charge < -0.3 is 10.1 Å². The van der Waals surface area contributed by atoms with Crippen molar-refractivity contribution in [2.24, 2.45) is 0 Å². The lowest BCUT2D eigenvalue weighted by atomic mass is 10.2. The lowest BCUT2D eigenvalue weighted by molar-refractivity contribution is 0.0636. The van der Waals surface area contributed by atoms with Crippen LogP contribution in [0.3, 0.4) is 0 Å². The number of carbonyl (C=O) groups is 1. The van der Waals surface area contributed by atoms with Gasteiger partial charge in [-0.1, -0.05) is 0 Å². The smallest absolute Gasteiger partial charge is 0.412 e. The summed E-state index contributed by atoms with van der Waals surface area (Å²) in [6.45, 7) is 5.23. The number of benzene rings is 1. The molecular weight excluding hydrogens is 347 g/mol. The summed E-state index contributed by atoms with van der Waals surface area (Å²) in [5.41, 5.74) is 0.0195. The molecule has 140 valence electrons. The zero-order valence-corrected chi connectivity index (χ0v) is 15.7. The van der Waals surface area contributed by atoms with E-state index >= 15 is 0 Å². The van der Waals surface area contributed by atoms with Crippen LogP contribution in [0.4, 0.5) is 20.6 Å². The molecule has 8 heteroatoms. The molecule has 2 atom stereocenters. The van der Waals surface area contributed by atoms with Crippen molar-refractivity contribution in [1.29, 1.82) is 0 Å². The van der Waals surface area contributed by atoms with Gasteiger partial charge in [0.25, 0.3) is 0 Å². The molecule has 2 rings (SSSR count). The van der Waals surface area contributed by atoms with E-state index in [1.54, 1.807) is 20.8 Å². The van der Waals surface area contributed by atoms with Gasteiger partial charge >= 0.3 is 6.09 Å². The van der Waals surface area contributed by atoms with E-state index in [0.717, 1.165) is 6.42 Å². The van der Waals surface area contributed by atoms with Gasteiger partial charge in [-0.2, -0.15) is 0 Å². The van der Waals surface area contributed by atoms with Crippen molar-refractivity contribution < 1.29 is 22.3 Å². The first-order valence-electron chi connectivity index (χ1n) is 8.21. The quantitative estimate of drug-likeness (QED) is 0.844. The minimum Gasteiger partial charge on any atom is -0.444 e. The number of halogens is 1. The summed E-state index contributed by atoms with van der Waals surface area (Å²) in [5.74, 6) is -0.480. The topological polar surface area (TPSA) is 84.5 Å². The average Bonchev–Trinajstić information content (AvgIpc) is 2.88. The van der Waals surface area contributed by atoms with Crippen LogP contribution in [0.2, 0.25) is 0 Å². The highest BCUT2D eigenvalue weighted by atomic mass is 32.2. The fourth-order valence-electron chi connectivity index (χ4n) is 2.96. The number of carbonyl (C=O) groups excluding carboxylic acids is 1. The van der Waals surface area contributed by atoms with Crippen LogP contribution in [-0.4, -0.2) is 37.7 Å². The van der Waals surface area contributed by atoms with Crippen LogP contribution < -0.4 is 10.6 Å². The number of ether oxygens (including phenoxy) is 1. The van der Waals surface area contributed by atoms with Gasteiger partial charge in [0.05, 0.1) is 16.6 Å². The zero-order chi connectivity index (χ0) is 18.8. The van der Waals surface area contributed by atoms with E-state index in [2.05, 4.69) is 10.6 Å². The van der Waals surface area contributed by atoms with Crippen LogP contribution >= 0.6 is 0 Å². The molecule has 0 spiro atoms. The number of nitrogens with one attached hydrogen (secondary N) is 2. The zero-order valence-electron chi connectivity index (χ0n) is 14.9. The van der Waals surface area contributed by atoms with E-state index in [9.17, 15) is 17.6 Å². The van der Waals surface area contributed by atoms with E-state index in [0.29, 0.717) is 24.2 Å². The second-order valence-electron chi connectivity index (χ2n) is 7.37. The van der Waals surface area contributed by atoms with Gasteiger partial charge in [-0.3, -0.25) is 5.32 Å². The predicted molar refractivity (Wildman–Crippen MR) is 96.2 cm³/mol. The first-order chi connectivity index (χ1) is 11.5. The van der Waals surface area contributed by atoms with Crippen molar-refractivity contribution in [2.45, 2.75) is 56.9 Å². The van der Waals surface area contributed by atoms with E-state index < -0.39 is 32.6 Å². The molecule has 0 bridgehead atoms. The van der Waals surface area contributed by atoms with Gasteiger partial charge in [0, 0.05) is 12.3 Å². The Balaban J connectivity index is 2.20. The fraction of sp³-hybridized carbons (Fsp3) is 0.588. The van der Waals surface area contributed by atoms with Gasteiger partial charge in [0.1, 0.15) is 11.4 Å². The maximum absolute atomic E-state index is 13.7. The molecule has 1 amide bonds. The molecule has 1 fully saturated rings. The third-order valence-electron chi connectivity index (χ3n) is 3.96. The van der Waals surface area contributed by atoms with Gasteiger partial charge in [0.2, 0.25) is 0 Å². The number of sulfone groups is 1. The summed E-state index contributed by atoms with van der Waals surface area (Å²) in [4.78, 5) is 12.0. The van der Waals surface area contributed by atoms with Crippen molar-refractivity contribution in [3.05, 3.63) is 24.0 Å². The monoisotopic (exact) mass is 372 g/mol. The van der Waals surface area contributed by atoms with Crippen molar-refractivity contribution in [2.75, 3.05) is 16.9 Å². The first-order valence-corrected chi connectivity index (χ1v) is 10.2. The highest BCUT2D eigenvalue weighted by Crippen LogP contribution is 2.31. The summed E-state index contributed by atoms with van der Waals surface area (Å²) < 4.78 is 42.7. The minimum atomic E-state index is -3.21. The van der Waals surface area contributed by atoms with E-state index in [-0.39, 0.29) is 6.04 Å². The maximum Gasteiger partial charge on any atom is 0.412 e. The lowest BCUT2D eigenvalue weighted by Crippen LogP contribution is -2.35. The van der Waals surface area contributed by atoms with Gasteiger partial charge in [-0.05, 0) is 58.2 Å². The molecule has 1 saturated carbocycles. The SMILES string of the molecule is CC(C)(C)OC(=O)Nc1ccc(F)cc1NC1CCCC1S(C)(=O)=O. The molecule has 2 unspecified atom stereocenters. The second kappa shape index (κ2) is 7.19. The molecule has 25 heavy (non-hydrogen) atoms. The Morgan fingerprint density at radius 3 is 2.52 bits per heavy atom. The molecule has 1 aromatic rings. The summed E-state index contributed by atoms with van der Waals surface area (Å²) >= 11 is 0. The highest BCUT2D eigenvalue weighted by Gasteiger charge is 2.35. The van der Waals surface area contributed by atoms with Crippen LogP contribution in [0.1, 0.15) is 40.0 Å². The largest absolute Gasteiger partial charge is 0.444 e. The molecule has 0 saturated heterocycles. The number of amides is 1. The standard InChI is InChI=1S/C17H25FN2O4S/c1-17(2,3)24-16(21)20-12-9-8-11(18)10-14(12)19-13-6-5-7-15(13)25(4,22)23/h8-10,13,15,19H,5-7H2,1-4H3,(H,20,21). The Labute approximate surface area is 148 Å². The molecule has 1 aromatic carbocycles. The van der Waals surface area contributed by atoms with Crippen molar-refractivity contribution in [1.82, 2.24) is 0 Å². The number of anilines is 2. The van der Waals surface area contributed by atoms with Crippen molar-refractivity contribution in [3.63, 3.8) is 0 Å². The predicted octanol–water partition coefficient (Wildman–Crippen LogP) is 3.55. The molecule has 1 aliphatic carbocycles. The molecular formula is C17H25FN2O4S. The van der Waals surface area contributed by atoms with Gasteiger partial charge in [-0.25, -0.2) is 17.6 Å². The van der Waals surface area contributed by atoms with Crippen LogP contribution in [0.25, 0.3) is 0 Å². The maximum atomic E-state index is 13.7. The molecule has 0 aliphatic heterocycles. The van der Waals surface area contributed by atoms with E-state index in [4.69, 9.17) is 4.74 Å². The molecule has 1 aliphatic rings. The van der Waals surface area contributed by atoms with Crippen LogP contribution in [0, 0.1) is 5.82 Å². The van der Waals surface area contributed by atoms with E-state index in [1.807, 2.05) is 0 Å². The highest BCUT2D eigenvalue weighted by molar-refractivity contribution is 7.91. The number of hydrogen-bond donors (Lipinski definition) is 2. The molecule has 6 nitrogen and oxygen atoms in total. The summed E-state index contributed by atoms with van der Waals surface area (Å²) in [7, 11) is -3.21. The number of rotatable bonds is 4. The number of hydrogen-bond acceptors (Lipinski definition) is 5. The second-order valence-corrected chi connectivity index (χ2v) is 9.63. The first kappa shape index (κ1) is 19.5. The Morgan fingerprint density at radius 2 is 1.92 bits per heavy atom. The Bertz CT molecular complexity index is 744. The lowest BCUT2D eigenvalue weighted by Gasteiger charge is -2.24.